The van der Waals surface area contributed by atoms with Gasteiger partial charge in [-0.05, 0) is 42.8 Å². The Kier molecular flexibility index (Phi) is 6.44. The van der Waals surface area contributed by atoms with Crippen molar-refractivity contribution in [3.63, 3.8) is 0 Å². The van der Waals surface area contributed by atoms with Crippen LogP contribution >= 0.6 is 11.6 Å². The van der Waals surface area contributed by atoms with Crippen LogP contribution in [0.2, 0.25) is 5.02 Å². The van der Waals surface area contributed by atoms with Crippen molar-refractivity contribution in [2.45, 2.75) is 13.5 Å². The van der Waals surface area contributed by atoms with Gasteiger partial charge in [0.15, 0.2) is 11.5 Å². The van der Waals surface area contributed by atoms with Crippen LogP contribution in [0.25, 0.3) is 0 Å². The van der Waals surface area contributed by atoms with Crippen molar-refractivity contribution in [2.75, 3.05) is 6.61 Å². The molecule has 0 unspecified atom stereocenters. The number of hydrogen-bond acceptors (Lipinski definition) is 3. The van der Waals surface area contributed by atoms with Crippen molar-refractivity contribution in [1.29, 1.82) is 0 Å². The Bertz CT molecular complexity index is 929. The van der Waals surface area contributed by atoms with Crippen molar-refractivity contribution in [2.24, 2.45) is 4.99 Å². The number of halogens is 2. The molecular formula is C22H19ClFNO2. The van der Waals surface area contributed by atoms with Crippen LogP contribution in [-0.4, -0.2) is 12.8 Å². The summed E-state index contributed by atoms with van der Waals surface area (Å²) in [5, 5.41) is 0.381. The first-order chi connectivity index (χ1) is 13.2. The van der Waals surface area contributed by atoms with Crippen LogP contribution < -0.4 is 9.47 Å². The molecule has 3 aromatic rings. The normalized spacial score (nSPS) is 10.9. The van der Waals surface area contributed by atoms with Crippen LogP contribution in [0.1, 0.15) is 18.1 Å². The van der Waals surface area contributed by atoms with Crippen LogP contribution in [0, 0.1) is 5.82 Å². The number of hydrogen-bond donors (Lipinski definition) is 0. The minimum atomic E-state index is -0.321. The summed E-state index contributed by atoms with van der Waals surface area (Å²) in [5.41, 5.74) is 2.07. The fourth-order valence-electron chi connectivity index (χ4n) is 2.49. The molecule has 0 saturated heterocycles. The molecule has 0 N–H and O–H groups in total. The van der Waals surface area contributed by atoms with Crippen molar-refractivity contribution in [1.82, 2.24) is 0 Å². The predicted octanol–water partition coefficient (Wildman–Crippen LogP) is 6.21. The Morgan fingerprint density at radius 3 is 2.48 bits per heavy atom. The minimum absolute atomic E-state index is 0.0594. The average molecular weight is 384 g/mol. The molecule has 0 atom stereocenters. The van der Waals surface area contributed by atoms with Crippen molar-refractivity contribution in [3.05, 3.63) is 88.7 Å². The minimum Gasteiger partial charge on any atom is -0.490 e. The van der Waals surface area contributed by atoms with E-state index in [4.69, 9.17) is 21.1 Å². The van der Waals surface area contributed by atoms with E-state index in [1.165, 1.54) is 6.07 Å². The van der Waals surface area contributed by atoms with E-state index in [0.717, 1.165) is 11.3 Å². The molecule has 0 spiro atoms. The monoisotopic (exact) mass is 383 g/mol. The highest BCUT2D eigenvalue weighted by Crippen LogP contribution is 2.37. The summed E-state index contributed by atoms with van der Waals surface area (Å²) in [6.45, 7) is 2.38. The maximum absolute atomic E-state index is 13.8. The van der Waals surface area contributed by atoms with Gasteiger partial charge in [-0.25, -0.2) is 4.39 Å². The van der Waals surface area contributed by atoms with Crippen molar-refractivity contribution in [3.8, 4) is 11.5 Å². The van der Waals surface area contributed by atoms with Crippen LogP contribution in [0.3, 0.4) is 0 Å². The van der Waals surface area contributed by atoms with Gasteiger partial charge in [-0.15, -0.1) is 0 Å². The lowest BCUT2D eigenvalue weighted by molar-refractivity contribution is 0.266. The molecule has 0 aliphatic rings. The number of aliphatic imine (C=N–C) groups is 1. The highest BCUT2D eigenvalue weighted by Gasteiger charge is 2.13. The summed E-state index contributed by atoms with van der Waals surface area (Å²) >= 11 is 6.40. The highest BCUT2D eigenvalue weighted by atomic mass is 35.5. The lowest BCUT2D eigenvalue weighted by Gasteiger charge is -2.14. The second-order valence-corrected chi connectivity index (χ2v) is 6.14. The molecule has 0 bridgehead atoms. The topological polar surface area (TPSA) is 30.8 Å². The summed E-state index contributed by atoms with van der Waals surface area (Å²) in [5.74, 6) is 0.563. The van der Waals surface area contributed by atoms with E-state index in [9.17, 15) is 4.39 Å². The van der Waals surface area contributed by atoms with E-state index in [1.807, 2.05) is 37.3 Å². The van der Waals surface area contributed by atoms with Gasteiger partial charge in [0.2, 0.25) is 0 Å². The average Bonchev–Trinajstić information content (AvgIpc) is 2.68. The van der Waals surface area contributed by atoms with E-state index in [2.05, 4.69) is 4.99 Å². The zero-order valence-electron chi connectivity index (χ0n) is 14.9. The van der Waals surface area contributed by atoms with Gasteiger partial charge >= 0.3 is 0 Å². The molecule has 0 saturated carbocycles. The van der Waals surface area contributed by atoms with Gasteiger partial charge < -0.3 is 9.47 Å². The molecule has 0 amide bonds. The number of para-hydroxylation sites is 1. The van der Waals surface area contributed by atoms with E-state index in [-0.39, 0.29) is 12.4 Å². The summed E-state index contributed by atoms with van der Waals surface area (Å²) in [7, 11) is 0. The van der Waals surface area contributed by atoms with Crippen LogP contribution in [0.5, 0.6) is 11.5 Å². The molecule has 0 aromatic heterocycles. The van der Waals surface area contributed by atoms with E-state index < -0.39 is 0 Å². The Hall–Kier alpha value is -2.85. The summed E-state index contributed by atoms with van der Waals surface area (Å²) in [6.07, 6.45) is 1.71. The summed E-state index contributed by atoms with van der Waals surface area (Å²) in [4.78, 5) is 4.42. The Labute approximate surface area is 163 Å². The molecule has 27 heavy (non-hydrogen) atoms. The second kappa shape index (κ2) is 9.19. The highest BCUT2D eigenvalue weighted by molar-refractivity contribution is 6.32. The first-order valence-corrected chi connectivity index (χ1v) is 8.97. The van der Waals surface area contributed by atoms with Crippen molar-refractivity contribution < 1.29 is 13.9 Å². The van der Waals surface area contributed by atoms with Crippen LogP contribution in [0.15, 0.2) is 71.7 Å². The van der Waals surface area contributed by atoms with Gasteiger partial charge in [-0.1, -0.05) is 48.0 Å². The smallest absolute Gasteiger partial charge is 0.180 e. The number of nitrogens with zero attached hydrogens (tertiary/aromatic N) is 1. The third-order valence-electron chi connectivity index (χ3n) is 3.78. The molecule has 3 rings (SSSR count). The molecule has 3 nitrogen and oxygen atoms in total. The summed E-state index contributed by atoms with van der Waals surface area (Å²) < 4.78 is 25.2. The molecule has 3 aromatic carbocycles. The zero-order valence-corrected chi connectivity index (χ0v) is 15.6. The van der Waals surface area contributed by atoms with E-state index >= 15 is 0 Å². The fourth-order valence-corrected chi connectivity index (χ4v) is 2.77. The quantitative estimate of drug-likeness (QED) is 0.454. The molecule has 0 radical (unpaired) electrons. The maximum atomic E-state index is 13.8. The van der Waals surface area contributed by atoms with Gasteiger partial charge in [-0.3, -0.25) is 4.99 Å². The van der Waals surface area contributed by atoms with Gasteiger partial charge in [-0.2, -0.15) is 0 Å². The largest absolute Gasteiger partial charge is 0.490 e. The first kappa shape index (κ1) is 18.9. The Balaban J connectivity index is 1.83. The molecule has 0 fully saturated rings. The molecule has 0 aliphatic heterocycles. The first-order valence-electron chi connectivity index (χ1n) is 8.59. The van der Waals surface area contributed by atoms with Crippen LogP contribution in [-0.2, 0) is 6.61 Å². The SMILES string of the molecule is CCOc1cc(C=Nc2ccccc2)cc(Cl)c1OCc1ccccc1F. The molecule has 0 heterocycles. The number of benzene rings is 3. The molecular weight excluding hydrogens is 365 g/mol. The molecule has 138 valence electrons. The number of rotatable bonds is 7. The fraction of sp³-hybridized carbons (Fsp3) is 0.136. The Morgan fingerprint density at radius 1 is 1.00 bits per heavy atom. The van der Waals surface area contributed by atoms with Gasteiger partial charge in [0.05, 0.1) is 17.3 Å². The van der Waals surface area contributed by atoms with E-state index in [1.54, 1.807) is 36.5 Å². The Morgan fingerprint density at radius 2 is 1.74 bits per heavy atom. The third-order valence-corrected chi connectivity index (χ3v) is 4.06. The summed E-state index contributed by atoms with van der Waals surface area (Å²) in [6, 6.07) is 19.6. The van der Waals surface area contributed by atoms with E-state index in [0.29, 0.717) is 28.7 Å². The molecule has 0 aliphatic carbocycles. The zero-order chi connectivity index (χ0) is 19.1. The second-order valence-electron chi connectivity index (χ2n) is 5.74. The lowest BCUT2D eigenvalue weighted by Crippen LogP contribution is -2.02. The third kappa shape index (κ3) is 5.08. The lowest BCUT2D eigenvalue weighted by atomic mass is 10.2. The van der Waals surface area contributed by atoms with Crippen molar-refractivity contribution >= 4 is 23.5 Å². The van der Waals surface area contributed by atoms with Gasteiger partial charge in [0.1, 0.15) is 12.4 Å². The standard InChI is InChI=1S/C22H19ClFNO2/c1-2-26-21-13-16(14-25-18-9-4-3-5-10-18)12-19(23)22(21)27-15-17-8-6-7-11-20(17)24/h3-14H,2,15H2,1H3. The number of ether oxygens (including phenoxy) is 2. The molecule has 5 heteroatoms. The van der Waals surface area contributed by atoms with Gasteiger partial charge in [0.25, 0.3) is 0 Å². The maximum Gasteiger partial charge on any atom is 0.180 e. The van der Waals surface area contributed by atoms with Gasteiger partial charge in [0, 0.05) is 11.8 Å². The van der Waals surface area contributed by atoms with Crippen LogP contribution in [0.4, 0.5) is 10.1 Å². The predicted molar refractivity (Wildman–Crippen MR) is 107 cm³/mol.